The average Bonchev–Trinajstić information content (AvgIpc) is 3.21. The molecule has 2 aromatic carbocycles. The first-order chi connectivity index (χ1) is 16.8. The Balaban J connectivity index is 2.00. The molecule has 0 aromatic heterocycles. The van der Waals surface area contributed by atoms with Gasteiger partial charge in [0.05, 0.1) is 23.3 Å². The van der Waals surface area contributed by atoms with Gasteiger partial charge < -0.3 is 26.6 Å². The van der Waals surface area contributed by atoms with E-state index in [-0.39, 0.29) is 17.9 Å². The van der Waals surface area contributed by atoms with Gasteiger partial charge in [0.2, 0.25) is 5.91 Å². The van der Waals surface area contributed by atoms with Gasteiger partial charge in [-0.15, -0.1) is 11.6 Å². The van der Waals surface area contributed by atoms with Crippen molar-refractivity contribution in [2.45, 2.75) is 56.8 Å². The van der Waals surface area contributed by atoms with Gasteiger partial charge in [-0.2, -0.15) is 0 Å². The first-order valence-electron chi connectivity index (χ1n) is 11.9. The highest BCUT2D eigenvalue weighted by Crippen LogP contribution is 2.33. The van der Waals surface area contributed by atoms with Crippen LogP contribution in [0.3, 0.4) is 0 Å². The van der Waals surface area contributed by atoms with Crippen LogP contribution in [-0.2, 0) is 9.59 Å². The number of halogens is 1. The van der Waals surface area contributed by atoms with Gasteiger partial charge in [0, 0.05) is 29.3 Å². The van der Waals surface area contributed by atoms with Crippen molar-refractivity contribution in [1.82, 2.24) is 10.6 Å². The van der Waals surface area contributed by atoms with E-state index < -0.39 is 58.4 Å². The predicted octanol–water partition coefficient (Wildman–Crippen LogP) is 2.24. The van der Waals surface area contributed by atoms with Crippen LogP contribution in [0.2, 0.25) is 0 Å². The number of alkyl halides is 1. The van der Waals surface area contributed by atoms with Crippen molar-refractivity contribution in [3.8, 4) is 5.75 Å². The van der Waals surface area contributed by atoms with Gasteiger partial charge in [-0.25, -0.2) is 0 Å². The quantitative estimate of drug-likeness (QED) is 0.268. The minimum absolute atomic E-state index is 0.0894. The van der Waals surface area contributed by atoms with Crippen molar-refractivity contribution in [1.29, 1.82) is 0 Å². The van der Waals surface area contributed by atoms with Crippen LogP contribution in [0.15, 0.2) is 48.5 Å². The number of ketones is 2. The van der Waals surface area contributed by atoms with Gasteiger partial charge >= 0.3 is 0 Å². The molecular formula is C27H34ClN3O5. The van der Waals surface area contributed by atoms with E-state index in [2.05, 4.69) is 10.6 Å². The molecule has 9 heteroatoms. The van der Waals surface area contributed by atoms with E-state index >= 15 is 0 Å². The van der Waals surface area contributed by atoms with Crippen LogP contribution < -0.4 is 16.4 Å². The Kier molecular flexibility index (Phi) is 8.56. The summed E-state index contributed by atoms with van der Waals surface area (Å²) in [5.74, 6) is -4.29. The molecule has 1 fully saturated rings. The Hall–Kier alpha value is -2.78. The van der Waals surface area contributed by atoms with Crippen LogP contribution in [0, 0.1) is 18.8 Å². The van der Waals surface area contributed by atoms with E-state index in [1.54, 1.807) is 37.3 Å². The minimum Gasteiger partial charge on any atom is -0.508 e. The average molecular weight is 516 g/mol. The topological polar surface area (TPSA) is 142 Å². The molecule has 0 spiro atoms. The number of aliphatic hydroxyl groups excluding tert-OH is 1. The number of hydrogen-bond acceptors (Lipinski definition) is 7. The summed E-state index contributed by atoms with van der Waals surface area (Å²) >= 11 is 6.45. The Morgan fingerprint density at radius 1 is 1.11 bits per heavy atom. The monoisotopic (exact) mass is 515 g/mol. The van der Waals surface area contributed by atoms with Crippen LogP contribution in [0.1, 0.15) is 48.3 Å². The second-order valence-corrected chi connectivity index (χ2v) is 10.9. The largest absolute Gasteiger partial charge is 0.508 e. The fourth-order valence-corrected chi connectivity index (χ4v) is 4.94. The number of carbonyl (C=O) groups is 3. The smallest absolute Gasteiger partial charge is 0.238 e. The number of carbonyl (C=O) groups excluding carboxylic acids is 3. The maximum atomic E-state index is 13.7. The maximum absolute atomic E-state index is 13.7. The number of Topliss-reactive ketones (excluding diaryl/α,β-unsaturated/α-hetero) is 2. The molecule has 0 radical (unpaired) electrons. The van der Waals surface area contributed by atoms with Crippen LogP contribution in [0.25, 0.3) is 0 Å². The Morgan fingerprint density at radius 2 is 1.75 bits per heavy atom. The van der Waals surface area contributed by atoms with Gasteiger partial charge in [-0.3, -0.25) is 14.4 Å². The highest BCUT2D eigenvalue weighted by Gasteiger charge is 2.49. The van der Waals surface area contributed by atoms with Crippen LogP contribution >= 0.6 is 11.6 Å². The zero-order valence-corrected chi connectivity index (χ0v) is 21.6. The first kappa shape index (κ1) is 27.8. The zero-order valence-electron chi connectivity index (χ0n) is 20.9. The van der Waals surface area contributed by atoms with Crippen molar-refractivity contribution in [3.63, 3.8) is 0 Å². The maximum Gasteiger partial charge on any atom is 0.238 e. The summed E-state index contributed by atoms with van der Waals surface area (Å²) < 4.78 is 0. The number of nitrogens with one attached hydrogen (secondary N) is 2. The highest BCUT2D eigenvalue weighted by molar-refractivity contribution is 6.23. The number of phenols is 1. The SMILES string of the molecule is Cc1c(O)cccc1C(=O)[C@@H](C(N)c1ccccc1)[C@H](O)C(=O)C1[C@H](Cl)CN[C@@H]1C(=O)NC(C)(C)C. The third-order valence-corrected chi connectivity index (χ3v) is 6.89. The molecule has 0 saturated carbocycles. The highest BCUT2D eigenvalue weighted by atomic mass is 35.5. The summed E-state index contributed by atoms with van der Waals surface area (Å²) in [5.41, 5.74) is 6.96. The molecule has 2 aromatic rings. The molecule has 1 aliphatic heterocycles. The Morgan fingerprint density at radius 3 is 2.36 bits per heavy atom. The molecule has 36 heavy (non-hydrogen) atoms. The molecule has 0 aliphatic carbocycles. The third kappa shape index (κ3) is 5.95. The summed E-state index contributed by atoms with van der Waals surface area (Å²) in [6, 6.07) is 11.1. The van der Waals surface area contributed by atoms with E-state index in [1.165, 1.54) is 18.2 Å². The summed E-state index contributed by atoms with van der Waals surface area (Å²) in [5, 5.41) is 26.6. The predicted molar refractivity (Wildman–Crippen MR) is 138 cm³/mol. The molecular weight excluding hydrogens is 482 g/mol. The van der Waals surface area contributed by atoms with Crippen LogP contribution in [0.5, 0.6) is 5.75 Å². The van der Waals surface area contributed by atoms with Crippen molar-refractivity contribution < 1.29 is 24.6 Å². The van der Waals surface area contributed by atoms with Gasteiger partial charge in [-0.1, -0.05) is 42.5 Å². The lowest BCUT2D eigenvalue weighted by Gasteiger charge is -2.31. The fraction of sp³-hybridized carbons (Fsp3) is 0.444. The normalized spacial score (nSPS) is 22.5. The number of benzene rings is 2. The lowest BCUT2D eigenvalue weighted by molar-refractivity contribution is -0.137. The molecule has 8 nitrogen and oxygen atoms in total. The van der Waals surface area contributed by atoms with Gasteiger partial charge in [0.1, 0.15) is 11.9 Å². The number of aromatic hydroxyl groups is 1. The first-order valence-corrected chi connectivity index (χ1v) is 12.3. The van der Waals surface area contributed by atoms with Crippen molar-refractivity contribution in [3.05, 3.63) is 65.2 Å². The molecule has 6 N–H and O–H groups in total. The van der Waals surface area contributed by atoms with E-state index in [1.807, 2.05) is 20.8 Å². The second-order valence-electron chi connectivity index (χ2n) is 10.3. The van der Waals surface area contributed by atoms with E-state index in [4.69, 9.17) is 17.3 Å². The summed E-state index contributed by atoms with van der Waals surface area (Å²) in [6.45, 7) is 7.20. The van der Waals surface area contributed by atoms with E-state index in [0.717, 1.165) is 0 Å². The standard InChI is InChI=1S/C27H34ClN3O5/c1-14-16(11-8-12-18(14)32)23(33)20(21(29)15-9-6-5-7-10-15)25(35)24(34)19-17(28)13-30-22(19)26(36)31-27(2,3)4/h5-12,17,19-22,25,30,32,35H,13,29H2,1-4H3,(H,31,36)/t17-,19?,20-,21?,22+,25+/m1/s1. The Bertz CT molecular complexity index is 1120. The Labute approximate surface area is 216 Å². The number of nitrogens with two attached hydrogens (primary N) is 1. The van der Waals surface area contributed by atoms with Crippen molar-refractivity contribution in [2.75, 3.05) is 6.54 Å². The minimum atomic E-state index is -1.84. The van der Waals surface area contributed by atoms with Gasteiger partial charge in [0.25, 0.3) is 0 Å². The van der Waals surface area contributed by atoms with Crippen molar-refractivity contribution >= 4 is 29.1 Å². The molecule has 1 heterocycles. The second kappa shape index (κ2) is 11.1. The van der Waals surface area contributed by atoms with Gasteiger partial charge in [-0.05, 0) is 39.3 Å². The zero-order chi connectivity index (χ0) is 26.8. The number of amides is 1. The van der Waals surface area contributed by atoms with E-state index in [9.17, 15) is 24.6 Å². The summed E-state index contributed by atoms with van der Waals surface area (Å²) in [4.78, 5) is 40.4. The molecule has 2 unspecified atom stereocenters. The molecule has 1 saturated heterocycles. The molecule has 1 aliphatic rings. The molecule has 3 rings (SSSR count). The molecule has 194 valence electrons. The summed E-state index contributed by atoms with van der Waals surface area (Å²) in [6.07, 6.45) is -1.84. The van der Waals surface area contributed by atoms with Crippen molar-refractivity contribution in [2.24, 2.45) is 17.6 Å². The number of aliphatic hydroxyl groups is 1. The van der Waals surface area contributed by atoms with Crippen LogP contribution in [0.4, 0.5) is 0 Å². The third-order valence-electron chi connectivity index (χ3n) is 6.47. The number of rotatable bonds is 8. The fourth-order valence-electron chi connectivity index (χ4n) is 4.58. The number of hydrogen-bond donors (Lipinski definition) is 5. The lowest BCUT2D eigenvalue weighted by Crippen LogP contribution is -2.54. The number of phenolic OH excluding ortho intramolecular Hbond substituents is 1. The molecule has 1 amide bonds. The van der Waals surface area contributed by atoms with E-state index in [0.29, 0.717) is 11.1 Å². The van der Waals surface area contributed by atoms with Gasteiger partial charge in [0.15, 0.2) is 11.6 Å². The molecule has 0 bridgehead atoms. The molecule has 6 atom stereocenters. The van der Waals surface area contributed by atoms with Crippen LogP contribution in [-0.4, -0.2) is 57.3 Å². The lowest BCUT2D eigenvalue weighted by atomic mass is 9.77. The summed E-state index contributed by atoms with van der Waals surface area (Å²) in [7, 11) is 0.